The van der Waals surface area contributed by atoms with Crippen LogP contribution >= 0.6 is 0 Å². The van der Waals surface area contributed by atoms with Crippen LogP contribution in [0.25, 0.3) is 0 Å². The van der Waals surface area contributed by atoms with E-state index < -0.39 is 17.9 Å². The first-order valence-electron chi connectivity index (χ1n) is 8.41. The first kappa shape index (κ1) is 17.7. The summed E-state index contributed by atoms with van der Waals surface area (Å²) in [5.41, 5.74) is 2.10. The van der Waals surface area contributed by atoms with Crippen molar-refractivity contribution in [3.8, 4) is 0 Å². The van der Waals surface area contributed by atoms with Crippen molar-refractivity contribution in [2.24, 2.45) is 0 Å². The molecule has 1 aliphatic heterocycles. The molecule has 0 bridgehead atoms. The number of carbonyl (C=O) groups excluding carboxylic acids is 2. The molecule has 1 aliphatic rings. The molecule has 3 rings (SSSR count). The first-order valence-corrected chi connectivity index (χ1v) is 8.41. The van der Waals surface area contributed by atoms with Crippen molar-refractivity contribution in [2.75, 3.05) is 11.4 Å². The summed E-state index contributed by atoms with van der Waals surface area (Å²) in [5.74, 6) is -2.12. The Morgan fingerprint density at radius 2 is 1.77 bits per heavy atom. The quantitative estimate of drug-likeness (QED) is 0.865. The van der Waals surface area contributed by atoms with Gasteiger partial charge in [0.15, 0.2) is 0 Å². The van der Waals surface area contributed by atoms with E-state index in [4.69, 9.17) is 0 Å². The van der Waals surface area contributed by atoms with Crippen molar-refractivity contribution in [3.63, 3.8) is 0 Å². The largest absolute Gasteiger partial charge is 0.481 e. The summed E-state index contributed by atoms with van der Waals surface area (Å²) in [4.78, 5) is 37.5. The minimum atomic E-state index is -0.950. The maximum Gasteiger partial charge on any atom is 0.312 e. The fraction of sp³-hybridized carbons (Fsp3) is 0.250. The number of anilines is 1. The second kappa shape index (κ2) is 7.39. The lowest BCUT2D eigenvalue weighted by molar-refractivity contribution is -0.138. The van der Waals surface area contributed by atoms with Gasteiger partial charge in [-0.05, 0) is 17.2 Å². The van der Waals surface area contributed by atoms with Crippen molar-refractivity contribution in [2.45, 2.75) is 25.3 Å². The minimum absolute atomic E-state index is 0.0598. The maximum absolute atomic E-state index is 12.9. The van der Waals surface area contributed by atoms with E-state index in [1.165, 1.54) is 11.8 Å². The average molecular weight is 352 g/mol. The lowest BCUT2D eigenvalue weighted by Gasteiger charge is -2.23. The van der Waals surface area contributed by atoms with Crippen LogP contribution in [-0.4, -0.2) is 29.4 Å². The van der Waals surface area contributed by atoms with Crippen molar-refractivity contribution in [1.29, 1.82) is 0 Å². The number of carboxylic acids is 1. The number of amides is 2. The number of benzene rings is 2. The van der Waals surface area contributed by atoms with E-state index >= 15 is 0 Å². The molecule has 1 heterocycles. The molecule has 2 aromatic carbocycles. The molecule has 0 aliphatic carbocycles. The molecule has 2 aromatic rings. The van der Waals surface area contributed by atoms with Crippen LogP contribution in [0.3, 0.4) is 0 Å². The van der Waals surface area contributed by atoms with Crippen LogP contribution in [0, 0.1) is 0 Å². The Morgan fingerprint density at radius 1 is 1.12 bits per heavy atom. The first-order chi connectivity index (χ1) is 12.5. The Hall–Kier alpha value is -3.15. The molecule has 0 radical (unpaired) electrons. The van der Waals surface area contributed by atoms with Crippen molar-refractivity contribution in [3.05, 3.63) is 65.7 Å². The van der Waals surface area contributed by atoms with Gasteiger partial charge in [0.05, 0.1) is 12.5 Å². The van der Waals surface area contributed by atoms with Gasteiger partial charge in [-0.1, -0.05) is 48.5 Å². The molecule has 0 saturated heterocycles. The smallest absolute Gasteiger partial charge is 0.312 e. The monoisotopic (exact) mass is 352 g/mol. The Kier molecular flexibility index (Phi) is 5.02. The van der Waals surface area contributed by atoms with Gasteiger partial charge in [-0.2, -0.15) is 0 Å². The third-order valence-corrected chi connectivity index (χ3v) is 4.53. The van der Waals surface area contributed by atoms with E-state index in [1.54, 1.807) is 24.3 Å². The van der Waals surface area contributed by atoms with E-state index in [0.717, 1.165) is 5.56 Å². The van der Waals surface area contributed by atoms with Crippen LogP contribution in [0.4, 0.5) is 5.69 Å². The highest BCUT2D eigenvalue weighted by atomic mass is 16.4. The minimum Gasteiger partial charge on any atom is -0.481 e. The average Bonchev–Trinajstić information content (AvgIpc) is 3.01. The molecule has 2 N–H and O–H groups in total. The summed E-state index contributed by atoms with van der Waals surface area (Å²) < 4.78 is 0. The molecule has 6 nitrogen and oxygen atoms in total. The summed E-state index contributed by atoms with van der Waals surface area (Å²) in [6, 6.07) is 15.9. The van der Waals surface area contributed by atoms with Crippen LogP contribution in [0.1, 0.15) is 36.4 Å². The third-order valence-electron chi connectivity index (χ3n) is 4.53. The molecule has 0 aromatic heterocycles. The lowest BCUT2D eigenvalue weighted by Crippen LogP contribution is -2.36. The standard InChI is InChI=1S/C20H20N2O4/c1-13(23)21-17(14-7-3-2-4-8-14)11-19(24)22-12-16(20(25)26)15-9-5-6-10-18(15)22/h2-10,16-17H,11-12H2,1H3,(H,21,23)(H,25,26). The lowest BCUT2D eigenvalue weighted by atomic mass is 10.0. The SMILES string of the molecule is CC(=O)NC(CC(=O)N1CC(C(=O)O)c2ccccc21)c1ccccc1. The molecular weight excluding hydrogens is 332 g/mol. The highest BCUT2D eigenvalue weighted by molar-refractivity contribution is 5.99. The second-order valence-electron chi connectivity index (χ2n) is 6.32. The zero-order valence-electron chi connectivity index (χ0n) is 14.4. The number of carboxylic acid groups (broad SMARTS) is 1. The number of rotatable bonds is 5. The van der Waals surface area contributed by atoms with Gasteiger partial charge in [0.2, 0.25) is 11.8 Å². The van der Waals surface area contributed by atoms with E-state index in [0.29, 0.717) is 11.3 Å². The summed E-state index contributed by atoms with van der Waals surface area (Å²) in [6.45, 7) is 1.52. The van der Waals surface area contributed by atoms with Crippen LogP contribution in [0.5, 0.6) is 0 Å². The molecule has 134 valence electrons. The predicted molar refractivity (Wildman–Crippen MR) is 96.8 cm³/mol. The topological polar surface area (TPSA) is 86.7 Å². The molecule has 2 atom stereocenters. The molecule has 0 spiro atoms. The van der Waals surface area contributed by atoms with Gasteiger partial charge in [-0.3, -0.25) is 14.4 Å². The van der Waals surface area contributed by atoms with E-state index in [9.17, 15) is 19.5 Å². The van der Waals surface area contributed by atoms with Gasteiger partial charge in [0.25, 0.3) is 0 Å². The zero-order chi connectivity index (χ0) is 18.7. The normalized spacial score (nSPS) is 16.7. The number of hydrogen-bond acceptors (Lipinski definition) is 3. The van der Waals surface area contributed by atoms with Gasteiger partial charge in [-0.15, -0.1) is 0 Å². The molecular formula is C20H20N2O4. The highest BCUT2D eigenvalue weighted by Gasteiger charge is 2.36. The molecule has 0 saturated carbocycles. The van der Waals surface area contributed by atoms with Crippen LogP contribution in [0.15, 0.2) is 54.6 Å². The van der Waals surface area contributed by atoms with E-state index in [2.05, 4.69) is 5.32 Å². The predicted octanol–water partition coefficient (Wildman–Crippen LogP) is 2.47. The van der Waals surface area contributed by atoms with Gasteiger partial charge >= 0.3 is 5.97 Å². The Bertz CT molecular complexity index is 835. The Balaban J connectivity index is 1.84. The Labute approximate surface area is 151 Å². The van der Waals surface area contributed by atoms with Crippen molar-refractivity contribution < 1.29 is 19.5 Å². The van der Waals surface area contributed by atoms with Crippen LogP contribution in [-0.2, 0) is 14.4 Å². The van der Waals surface area contributed by atoms with Gasteiger partial charge in [-0.25, -0.2) is 0 Å². The molecule has 6 heteroatoms. The Morgan fingerprint density at radius 3 is 2.42 bits per heavy atom. The van der Waals surface area contributed by atoms with Crippen LogP contribution < -0.4 is 10.2 Å². The number of para-hydroxylation sites is 1. The number of nitrogens with one attached hydrogen (secondary N) is 1. The summed E-state index contributed by atoms with van der Waals surface area (Å²) >= 11 is 0. The molecule has 26 heavy (non-hydrogen) atoms. The molecule has 0 fully saturated rings. The van der Waals surface area contributed by atoms with E-state index in [1.807, 2.05) is 30.3 Å². The van der Waals surface area contributed by atoms with Crippen LogP contribution in [0.2, 0.25) is 0 Å². The fourth-order valence-electron chi connectivity index (χ4n) is 3.32. The number of fused-ring (bicyclic) bond motifs is 1. The zero-order valence-corrected chi connectivity index (χ0v) is 14.4. The van der Waals surface area contributed by atoms with Gasteiger partial charge in [0.1, 0.15) is 5.92 Å². The fourth-order valence-corrected chi connectivity index (χ4v) is 3.32. The summed E-state index contributed by atoms with van der Waals surface area (Å²) in [5, 5.41) is 12.2. The number of nitrogens with zero attached hydrogens (tertiary/aromatic N) is 1. The maximum atomic E-state index is 12.9. The highest BCUT2D eigenvalue weighted by Crippen LogP contribution is 2.37. The van der Waals surface area contributed by atoms with Gasteiger partial charge < -0.3 is 15.3 Å². The van der Waals surface area contributed by atoms with Crippen molar-refractivity contribution >= 4 is 23.5 Å². The summed E-state index contributed by atoms with van der Waals surface area (Å²) in [6.07, 6.45) is 0.0598. The number of hydrogen-bond donors (Lipinski definition) is 2. The second-order valence-corrected chi connectivity index (χ2v) is 6.32. The summed E-state index contributed by atoms with van der Waals surface area (Å²) in [7, 11) is 0. The number of aliphatic carboxylic acids is 1. The van der Waals surface area contributed by atoms with E-state index in [-0.39, 0.29) is 24.8 Å². The number of carbonyl (C=O) groups is 3. The molecule has 2 unspecified atom stereocenters. The molecule has 2 amide bonds. The van der Waals surface area contributed by atoms with Gasteiger partial charge in [0, 0.05) is 19.2 Å². The van der Waals surface area contributed by atoms with Crippen molar-refractivity contribution in [1.82, 2.24) is 5.32 Å². The third kappa shape index (κ3) is 3.59.